The summed E-state index contributed by atoms with van der Waals surface area (Å²) in [6.07, 6.45) is 0. The Hall–Kier alpha value is -2.81. The van der Waals surface area contributed by atoms with Gasteiger partial charge in [-0.05, 0) is 24.6 Å². The Bertz CT molecular complexity index is 910. The average Bonchev–Trinajstić information content (AvgIpc) is 2.54. The lowest BCUT2D eigenvalue weighted by Gasteiger charge is -2.19. The zero-order valence-corrected chi connectivity index (χ0v) is 13.5. The number of non-ortho nitro benzene ring substituents is 1. The number of benzene rings is 2. The molecule has 24 heavy (non-hydrogen) atoms. The van der Waals surface area contributed by atoms with Crippen LogP contribution in [-0.4, -0.2) is 26.6 Å². The molecule has 0 amide bonds. The summed E-state index contributed by atoms with van der Waals surface area (Å²) in [5, 5.41) is 10.9. The van der Waals surface area contributed by atoms with Crippen LogP contribution in [-0.2, 0) is 10.0 Å². The van der Waals surface area contributed by atoms with E-state index < -0.39 is 14.9 Å². The van der Waals surface area contributed by atoms with Gasteiger partial charge in [-0.25, -0.2) is 8.42 Å². The van der Waals surface area contributed by atoms with Gasteiger partial charge in [-0.3, -0.25) is 14.8 Å². The number of sulfonamides is 1. The van der Waals surface area contributed by atoms with E-state index in [4.69, 9.17) is 9.47 Å². The summed E-state index contributed by atoms with van der Waals surface area (Å²) in [4.78, 5) is 10.1. The number of fused-ring (bicyclic) bond motifs is 1. The van der Waals surface area contributed by atoms with Crippen molar-refractivity contribution in [2.75, 3.05) is 17.9 Å². The van der Waals surface area contributed by atoms with Crippen LogP contribution in [0.2, 0.25) is 0 Å². The van der Waals surface area contributed by atoms with Crippen LogP contribution in [0.25, 0.3) is 0 Å². The number of nitro groups is 1. The number of nitrogens with one attached hydrogen (secondary N) is 1. The molecule has 126 valence electrons. The molecule has 1 heterocycles. The van der Waals surface area contributed by atoms with Crippen LogP contribution in [0, 0.1) is 17.0 Å². The summed E-state index contributed by atoms with van der Waals surface area (Å²) < 4.78 is 38.3. The molecule has 0 atom stereocenters. The van der Waals surface area contributed by atoms with Gasteiger partial charge in [0, 0.05) is 18.2 Å². The maximum Gasteiger partial charge on any atom is 0.270 e. The number of nitro benzene ring substituents is 1. The van der Waals surface area contributed by atoms with E-state index in [1.807, 2.05) is 0 Å². The quantitative estimate of drug-likeness (QED) is 0.670. The lowest BCUT2D eigenvalue weighted by molar-refractivity contribution is -0.385. The highest BCUT2D eigenvalue weighted by Gasteiger charge is 2.21. The van der Waals surface area contributed by atoms with Gasteiger partial charge >= 0.3 is 0 Å². The van der Waals surface area contributed by atoms with E-state index in [1.165, 1.54) is 24.3 Å². The van der Waals surface area contributed by atoms with Crippen molar-refractivity contribution in [3.05, 3.63) is 52.1 Å². The maximum atomic E-state index is 12.6. The second-order valence-corrected chi connectivity index (χ2v) is 6.82. The Morgan fingerprint density at radius 3 is 2.50 bits per heavy atom. The molecular formula is C15H14N2O6S. The number of hydrogen-bond donors (Lipinski definition) is 1. The van der Waals surface area contributed by atoms with Gasteiger partial charge in [0.25, 0.3) is 15.7 Å². The topological polar surface area (TPSA) is 108 Å². The fourth-order valence-electron chi connectivity index (χ4n) is 2.31. The molecule has 2 aromatic rings. The third-order valence-corrected chi connectivity index (χ3v) is 4.99. The standard InChI is InChI=1S/C15H14N2O6S/c1-10-2-4-12(17(18)19)9-15(10)24(20,21)16-11-3-5-13-14(8-11)23-7-6-22-13/h2-5,8-9,16H,6-7H2,1H3. The van der Waals surface area contributed by atoms with Crippen LogP contribution in [0.3, 0.4) is 0 Å². The van der Waals surface area contributed by atoms with Crippen LogP contribution in [0.1, 0.15) is 5.56 Å². The van der Waals surface area contributed by atoms with Crippen LogP contribution in [0.15, 0.2) is 41.3 Å². The second-order valence-electron chi connectivity index (χ2n) is 5.17. The van der Waals surface area contributed by atoms with E-state index in [1.54, 1.807) is 13.0 Å². The minimum atomic E-state index is -3.98. The molecule has 9 heteroatoms. The zero-order valence-electron chi connectivity index (χ0n) is 12.7. The van der Waals surface area contributed by atoms with Crippen molar-refractivity contribution in [3.63, 3.8) is 0 Å². The number of anilines is 1. The van der Waals surface area contributed by atoms with Crippen LogP contribution >= 0.6 is 0 Å². The van der Waals surface area contributed by atoms with Crippen LogP contribution < -0.4 is 14.2 Å². The van der Waals surface area contributed by atoms with Crippen molar-refractivity contribution in [3.8, 4) is 11.5 Å². The minimum Gasteiger partial charge on any atom is -0.486 e. The maximum absolute atomic E-state index is 12.6. The number of rotatable bonds is 4. The molecule has 0 bridgehead atoms. The Morgan fingerprint density at radius 2 is 1.79 bits per heavy atom. The van der Waals surface area contributed by atoms with Crippen molar-refractivity contribution in [1.82, 2.24) is 0 Å². The molecule has 8 nitrogen and oxygen atoms in total. The number of aryl methyl sites for hydroxylation is 1. The first-order chi connectivity index (χ1) is 11.4. The Kier molecular flexibility index (Phi) is 4.02. The SMILES string of the molecule is Cc1ccc([N+](=O)[O-])cc1S(=O)(=O)Nc1ccc2c(c1)OCCO2. The highest BCUT2D eigenvalue weighted by atomic mass is 32.2. The molecule has 0 saturated carbocycles. The Balaban J connectivity index is 1.94. The first kappa shape index (κ1) is 16.1. The van der Waals surface area contributed by atoms with E-state index in [-0.39, 0.29) is 16.3 Å². The van der Waals surface area contributed by atoms with Crippen molar-refractivity contribution in [1.29, 1.82) is 0 Å². The van der Waals surface area contributed by atoms with Gasteiger partial charge < -0.3 is 9.47 Å². The van der Waals surface area contributed by atoms with Gasteiger partial charge in [0.05, 0.1) is 15.5 Å². The number of ether oxygens (including phenoxy) is 2. The van der Waals surface area contributed by atoms with Gasteiger partial charge in [0.15, 0.2) is 11.5 Å². The molecule has 0 saturated heterocycles. The molecule has 3 rings (SSSR count). The molecular weight excluding hydrogens is 336 g/mol. The van der Waals surface area contributed by atoms with E-state index in [9.17, 15) is 18.5 Å². The van der Waals surface area contributed by atoms with Gasteiger partial charge in [-0.1, -0.05) is 6.07 Å². The zero-order chi connectivity index (χ0) is 17.3. The van der Waals surface area contributed by atoms with Gasteiger partial charge in [-0.2, -0.15) is 0 Å². The first-order valence-corrected chi connectivity index (χ1v) is 8.53. The summed E-state index contributed by atoms with van der Waals surface area (Å²) in [5.74, 6) is 0.980. The largest absolute Gasteiger partial charge is 0.486 e. The minimum absolute atomic E-state index is 0.147. The van der Waals surface area contributed by atoms with Crippen LogP contribution in [0.5, 0.6) is 11.5 Å². The highest BCUT2D eigenvalue weighted by Crippen LogP contribution is 2.33. The van der Waals surface area contributed by atoms with Crippen molar-refractivity contribution in [2.45, 2.75) is 11.8 Å². The molecule has 0 radical (unpaired) electrons. The number of nitrogens with zero attached hydrogens (tertiary/aromatic N) is 1. The van der Waals surface area contributed by atoms with E-state index in [2.05, 4.69) is 4.72 Å². The third-order valence-electron chi connectivity index (χ3n) is 3.47. The van der Waals surface area contributed by atoms with Crippen molar-refractivity contribution < 1.29 is 22.8 Å². The fourth-order valence-corrected chi connectivity index (χ4v) is 3.62. The van der Waals surface area contributed by atoms with Gasteiger partial charge in [-0.15, -0.1) is 0 Å². The molecule has 1 aliphatic heterocycles. The Morgan fingerprint density at radius 1 is 1.08 bits per heavy atom. The Labute approximate surface area is 138 Å². The lowest BCUT2D eigenvalue weighted by Crippen LogP contribution is -2.17. The monoisotopic (exact) mass is 350 g/mol. The molecule has 0 aromatic heterocycles. The molecule has 2 aromatic carbocycles. The first-order valence-electron chi connectivity index (χ1n) is 7.04. The summed E-state index contributed by atoms with van der Waals surface area (Å²) in [7, 11) is -3.98. The third kappa shape index (κ3) is 3.11. The summed E-state index contributed by atoms with van der Waals surface area (Å²) in [6, 6.07) is 8.35. The fraction of sp³-hybridized carbons (Fsp3) is 0.200. The molecule has 1 N–H and O–H groups in total. The highest BCUT2D eigenvalue weighted by molar-refractivity contribution is 7.92. The van der Waals surface area contributed by atoms with Gasteiger partial charge in [0.2, 0.25) is 0 Å². The molecule has 0 aliphatic carbocycles. The van der Waals surface area contributed by atoms with Crippen molar-refractivity contribution in [2.24, 2.45) is 0 Å². The molecule has 0 spiro atoms. The smallest absolute Gasteiger partial charge is 0.270 e. The van der Waals surface area contributed by atoms with Gasteiger partial charge in [0.1, 0.15) is 13.2 Å². The molecule has 0 fully saturated rings. The molecule has 1 aliphatic rings. The lowest BCUT2D eigenvalue weighted by atomic mass is 10.2. The van der Waals surface area contributed by atoms with E-state index in [0.29, 0.717) is 30.3 Å². The number of hydrogen-bond acceptors (Lipinski definition) is 6. The predicted molar refractivity (Wildman–Crippen MR) is 86.1 cm³/mol. The second kappa shape index (κ2) is 6.00. The average molecular weight is 350 g/mol. The normalized spacial score (nSPS) is 13.4. The van der Waals surface area contributed by atoms with Crippen LogP contribution in [0.4, 0.5) is 11.4 Å². The predicted octanol–water partition coefficient (Wildman–Crippen LogP) is 2.48. The summed E-state index contributed by atoms with van der Waals surface area (Å²) >= 11 is 0. The van der Waals surface area contributed by atoms with E-state index in [0.717, 1.165) is 6.07 Å². The van der Waals surface area contributed by atoms with Crippen molar-refractivity contribution >= 4 is 21.4 Å². The molecule has 0 unspecified atom stereocenters. The summed E-state index contributed by atoms with van der Waals surface area (Å²) in [6.45, 7) is 2.39. The van der Waals surface area contributed by atoms with E-state index >= 15 is 0 Å². The summed E-state index contributed by atoms with van der Waals surface area (Å²) in [5.41, 5.74) is 0.402.